The Balaban J connectivity index is 2.13. The first-order chi connectivity index (χ1) is 7.24. The minimum atomic E-state index is 0.652. The molecule has 82 valence electrons. The van der Waals surface area contributed by atoms with Gasteiger partial charge in [-0.3, -0.25) is 0 Å². The van der Waals surface area contributed by atoms with E-state index in [0.717, 1.165) is 19.6 Å². The van der Waals surface area contributed by atoms with Gasteiger partial charge in [-0.1, -0.05) is 5.92 Å². The Morgan fingerprint density at radius 2 is 2.07 bits per heavy atom. The maximum Gasteiger partial charge on any atom is 0.0574 e. The van der Waals surface area contributed by atoms with Crippen molar-refractivity contribution in [2.45, 2.75) is 20.4 Å². The molecule has 0 fully saturated rings. The molecule has 0 saturated heterocycles. The molecule has 2 nitrogen and oxygen atoms in total. The molecule has 0 aliphatic heterocycles. The third-order valence-electron chi connectivity index (χ3n) is 2.22. The predicted octanol–water partition coefficient (Wildman–Crippen LogP) is 1.68. The zero-order valence-electron chi connectivity index (χ0n) is 9.39. The Morgan fingerprint density at radius 1 is 1.33 bits per heavy atom. The topological polar surface area (TPSA) is 24.1 Å². The molecule has 3 heteroatoms. The van der Waals surface area contributed by atoms with Crippen LogP contribution in [0.4, 0.5) is 0 Å². The molecular formula is C12H18N2S. The fourth-order valence-electron chi connectivity index (χ4n) is 1.29. The summed E-state index contributed by atoms with van der Waals surface area (Å²) in [5, 5.41) is 6.52. The Hall–Kier alpha value is -0.820. The van der Waals surface area contributed by atoms with Gasteiger partial charge in [0.25, 0.3) is 0 Å². The van der Waals surface area contributed by atoms with E-state index in [1.807, 2.05) is 11.3 Å². The number of hydrogen-bond donors (Lipinski definition) is 2. The van der Waals surface area contributed by atoms with E-state index in [9.17, 15) is 0 Å². The molecule has 0 saturated carbocycles. The van der Waals surface area contributed by atoms with Gasteiger partial charge in [-0.25, -0.2) is 0 Å². The van der Waals surface area contributed by atoms with E-state index in [4.69, 9.17) is 6.42 Å². The summed E-state index contributed by atoms with van der Waals surface area (Å²) in [6, 6.07) is 2.25. The SMILES string of the molecule is C#CCNCCNCc1cc(C)c(C)s1. The molecule has 15 heavy (non-hydrogen) atoms. The third kappa shape index (κ3) is 4.48. The van der Waals surface area contributed by atoms with Crippen molar-refractivity contribution in [1.82, 2.24) is 10.6 Å². The van der Waals surface area contributed by atoms with E-state index in [-0.39, 0.29) is 0 Å². The average molecular weight is 222 g/mol. The number of nitrogens with one attached hydrogen (secondary N) is 2. The summed E-state index contributed by atoms with van der Waals surface area (Å²) in [6.07, 6.45) is 5.12. The monoisotopic (exact) mass is 222 g/mol. The van der Waals surface area contributed by atoms with Crippen molar-refractivity contribution in [2.24, 2.45) is 0 Å². The number of rotatable bonds is 6. The lowest BCUT2D eigenvalue weighted by Crippen LogP contribution is -2.26. The quantitative estimate of drug-likeness (QED) is 0.565. The van der Waals surface area contributed by atoms with E-state index in [2.05, 4.69) is 36.5 Å². The number of thiophene rings is 1. The number of terminal acetylenes is 1. The van der Waals surface area contributed by atoms with Gasteiger partial charge in [0.2, 0.25) is 0 Å². The second kappa shape index (κ2) is 6.62. The first kappa shape index (κ1) is 12.3. The number of aryl methyl sites for hydroxylation is 2. The van der Waals surface area contributed by atoms with Crippen LogP contribution in [0.2, 0.25) is 0 Å². The van der Waals surface area contributed by atoms with Crippen molar-refractivity contribution >= 4 is 11.3 Å². The molecular weight excluding hydrogens is 204 g/mol. The van der Waals surface area contributed by atoms with Crippen LogP contribution in [0, 0.1) is 26.2 Å². The fourth-order valence-corrected chi connectivity index (χ4v) is 2.31. The van der Waals surface area contributed by atoms with Crippen LogP contribution >= 0.6 is 11.3 Å². The molecule has 0 unspecified atom stereocenters. The van der Waals surface area contributed by atoms with Crippen molar-refractivity contribution in [3.8, 4) is 12.3 Å². The van der Waals surface area contributed by atoms with Crippen molar-refractivity contribution < 1.29 is 0 Å². The summed E-state index contributed by atoms with van der Waals surface area (Å²) in [5.74, 6) is 2.55. The van der Waals surface area contributed by atoms with E-state index in [0.29, 0.717) is 6.54 Å². The molecule has 0 aliphatic rings. The summed E-state index contributed by atoms with van der Waals surface area (Å²) in [5.41, 5.74) is 1.39. The summed E-state index contributed by atoms with van der Waals surface area (Å²) < 4.78 is 0. The standard InChI is InChI=1S/C12H18N2S/c1-4-5-13-6-7-14-9-12-8-10(2)11(3)15-12/h1,8,13-14H,5-7,9H2,2-3H3. The molecule has 0 aliphatic carbocycles. The average Bonchev–Trinajstić information content (AvgIpc) is 2.52. The Kier molecular flexibility index (Phi) is 5.41. The highest BCUT2D eigenvalue weighted by Crippen LogP contribution is 2.19. The van der Waals surface area contributed by atoms with Crippen molar-refractivity contribution in [1.29, 1.82) is 0 Å². The summed E-state index contributed by atoms with van der Waals surface area (Å²) >= 11 is 1.87. The Morgan fingerprint density at radius 3 is 2.67 bits per heavy atom. The van der Waals surface area contributed by atoms with Gasteiger partial charge in [0, 0.05) is 29.4 Å². The fraction of sp³-hybridized carbons (Fsp3) is 0.500. The Labute approximate surface area is 96.1 Å². The summed E-state index contributed by atoms with van der Waals surface area (Å²) in [7, 11) is 0. The van der Waals surface area contributed by atoms with Gasteiger partial charge < -0.3 is 10.6 Å². The van der Waals surface area contributed by atoms with Crippen LogP contribution in [0.3, 0.4) is 0 Å². The zero-order valence-corrected chi connectivity index (χ0v) is 10.2. The molecule has 2 N–H and O–H groups in total. The molecule has 0 bridgehead atoms. The highest BCUT2D eigenvalue weighted by atomic mass is 32.1. The van der Waals surface area contributed by atoms with Crippen LogP contribution in [0.1, 0.15) is 15.3 Å². The molecule has 0 radical (unpaired) electrons. The van der Waals surface area contributed by atoms with Crippen LogP contribution in [0.15, 0.2) is 6.07 Å². The predicted molar refractivity (Wildman–Crippen MR) is 67.2 cm³/mol. The lowest BCUT2D eigenvalue weighted by atomic mass is 10.3. The normalized spacial score (nSPS) is 10.2. The van der Waals surface area contributed by atoms with Crippen LogP contribution < -0.4 is 10.6 Å². The summed E-state index contributed by atoms with van der Waals surface area (Å²) in [4.78, 5) is 2.82. The maximum atomic E-state index is 5.12. The lowest BCUT2D eigenvalue weighted by Gasteiger charge is -2.02. The molecule has 1 aromatic heterocycles. The van der Waals surface area contributed by atoms with Gasteiger partial charge in [-0.15, -0.1) is 17.8 Å². The van der Waals surface area contributed by atoms with Gasteiger partial charge in [-0.05, 0) is 25.5 Å². The van der Waals surface area contributed by atoms with Gasteiger partial charge >= 0.3 is 0 Å². The van der Waals surface area contributed by atoms with Gasteiger partial charge in [0.1, 0.15) is 0 Å². The first-order valence-electron chi connectivity index (χ1n) is 5.15. The minimum absolute atomic E-state index is 0.652. The van der Waals surface area contributed by atoms with E-state index >= 15 is 0 Å². The van der Waals surface area contributed by atoms with E-state index < -0.39 is 0 Å². The van der Waals surface area contributed by atoms with E-state index in [1.165, 1.54) is 15.3 Å². The Bertz CT molecular complexity index is 316. The van der Waals surface area contributed by atoms with Crippen LogP contribution in [0.25, 0.3) is 0 Å². The molecule has 1 rings (SSSR count). The molecule has 1 aromatic rings. The smallest absolute Gasteiger partial charge is 0.0574 e. The minimum Gasteiger partial charge on any atom is -0.311 e. The zero-order chi connectivity index (χ0) is 11.1. The van der Waals surface area contributed by atoms with Gasteiger partial charge in [0.05, 0.1) is 6.54 Å². The molecule has 1 heterocycles. The third-order valence-corrected chi connectivity index (χ3v) is 3.37. The van der Waals surface area contributed by atoms with Gasteiger partial charge in [-0.2, -0.15) is 0 Å². The van der Waals surface area contributed by atoms with E-state index in [1.54, 1.807) is 0 Å². The van der Waals surface area contributed by atoms with Crippen molar-refractivity contribution in [3.63, 3.8) is 0 Å². The van der Waals surface area contributed by atoms with Crippen LogP contribution in [-0.2, 0) is 6.54 Å². The number of hydrogen-bond acceptors (Lipinski definition) is 3. The second-order valence-electron chi connectivity index (χ2n) is 3.51. The highest BCUT2D eigenvalue weighted by Gasteiger charge is 2.00. The van der Waals surface area contributed by atoms with Crippen molar-refractivity contribution in [2.75, 3.05) is 19.6 Å². The second-order valence-corrected chi connectivity index (χ2v) is 4.85. The summed E-state index contributed by atoms with van der Waals surface area (Å²) in [6.45, 7) is 7.81. The highest BCUT2D eigenvalue weighted by molar-refractivity contribution is 7.12. The van der Waals surface area contributed by atoms with Crippen LogP contribution in [-0.4, -0.2) is 19.6 Å². The van der Waals surface area contributed by atoms with Gasteiger partial charge in [0.15, 0.2) is 0 Å². The van der Waals surface area contributed by atoms with Crippen molar-refractivity contribution in [3.05, 3.63) is 21.4 Å². The molecule has 0 atom stereocenters. The molecule has 0 spiro atoms. The molecule has 0 aromatic carbocycles. The molecule has 0 amide bonds. The largest absolute Gasteiger partial charge is 0.311 e. The lowest BCUT2D eigenvalue weighted by molar-refractivity contribution is 0.642. The van der Waals surface area contributed by atoms with Crippen LogP contribution in [0.5, 0.6) is 0 Å². The first-order valence-corrected chi connectivity index (χ1v) is 5.96. The maximum absolute atomic E-state index is 5.12.